The molecule has 12 rings (SSSR count). The summed E-state index contributed by atoms with van der Waals surface area (Å²) in [7, 11) is 0. The number of hydrogen-bond donors (Lipinski definition) is 0. The van der Waals surface area contributed by atoms with Crippen LogP contribution in [-0.4, -0.2) is 0 Å². The van der Waals surface area contributed by atoms with Crippen LogP contribution >= 0.6 is 0 Å². The minimum absolute atomic E-state index is 0.974. The van der Waals surface area contributed by atoms with Gasteiger partial charge in [-0.05, 0) is 164 Å². The molecular weight excluding hydrogens is 745 g/mol. The van der Waals surface area contributed by atoms with Gasteiger partial charge in [-0.2, -0.15) is 0 Å². The molecule has 0 aliphatic heterocycles. The summed E-state index contributed by atoms with van der Waals surface area (Å²) in [5, 5.41) is 10.3. The Bertz CT molecular complexity index is 3530. The Kier molecular flexibility index (Phi) is 8.75. The maximum Gasteiger partial charge on any atom is -0.00928 e. The van der Waals surface area contributed by atoms with Gasteiger partial charge in [0, 0.05) is 0 Å². The Morgan fingerprint density at radius 2 is 0.823 bits per heavy atom. The van der Waals surface area contributed by atoms with Crippen LogP contribution in [0.2, 0.25) is 0 Å². The molecule has 0 amide bonds. The molecule has 0 N–H and O–H groups in total. The monoisotopic (exact) mass is 786 g/mol. The molecule has 290 valence electrons. The second-order valence-corrected chi connectivity index (χ2v) is 16.7. The summed E-state index contributed by atoms with van der Waals surface area (Å²) in [6.07, 6.45) is 4.45. The predicted octanol–water partition coefficient (Wildman–Crippen LogP) is 17.1. The van der Waals surface area contributed by atoms with Gasteiger partial charge in [-0.15, -0.1) is 0 Å². The van der Waals surface area contributed by atoms with Crippen molar-refractivity contribution in [2.45, 2.75) is 12.8 Å². The third-order valence-corrected chi connectivity index (χ3v) is 13.2. The van der Waals surface area contributed by atoms with Crippen molar-refractivity contribution in [2.24, 2.45) is 0 Å². The van der Waals surface area contributed by atoms with E-state index in [1.165, 1.54) is 121 Å². The molecule has 0 radical (unpaired) electrons. The molecule has 11 aromatic rings. The van der Waals surface area contributed by atoms with Crippen LogP contribution in [0.25, 0.3) is 110 Å². The molecule has 1 aliphatic carbocycles. The second-order valence-electron chi connectivity index (χ2n) is 16.7. The molecule has 0 heterocycles. The highest BCUT2D eigenvalue weighted by atomic mass is 14.3. The maximum absolute atomic E-state index is 2.49. The highest BCUT2D eigenvalue weighted by molar-refractivity contribution is 6.18. The van der Waals surface area contributed by atoms with Crippen molar-refractivity contribution in [3.63, 3.8) is 0 Å². The lowest BCUT2D eigenvalue weighted by molar-refractivity contribution is 1.01. The quantitative estimate of drug-likeness (QED) is 0.147. The smallest absolute Gasteiger partial charge is 0.00928 e. The van der Waals surface area contributed by atoms with Crippen molar-refractivity contribution >= 4 is 54.7 Å². The van der Waals surface area contributed by atoms with Crippen molar-refractivity contribution in [1.82, 2.24) is 0 Å². The molecule has 62 heavy (non-hydrogen) atoms. The fraction of sp³-hybridized carbons (Fsp3) is 0.0323. The maximum atomic E-state index is 2.49. The summed E-state index contributed by atoms with van der Waals surface area (Å²) in [5.41, 5.74) is 17.9. The van der Waals surface area contributed by atoms with Gasteiger partial charge in [-0.3, -0.25) is 0 Å². The van der Waals surface area contributed by atoms with E-state index >= 15 is 0 Å². The number of fused-ring (bicyclic) bond motifs is 7. The van der Waals surface area contributed by atoms with Crippen LogP contribution in [0.3, 0.4) is 0 Å². The fourth-order valence-electron chi connectivity index (χ4n) is 10.0. The molecule has 0 bridgehead atoms. The van der Waals surface area contributed by atoms with E-state index in [4.69, 9.17) is 0 Å². The molecule has 11 aromatic carbocycles. The Morgan fingerprint density at radius 3 is 1.65 bits per heavy atom. The molecule has 1 aliphatic rings. The van der Waals surface area contributed by atoms with Gasteiger partial charge >= 0.3 is 0 Å². The first-order valence-electron chi connectivity index (χ1n) is 21.8. The molecule has 0 nitrogen and oxygen atoms in total. The summed E-state index contributed by atoms with van der Waals surface area (Å²) in [5.74, 6) is 0. The molecule has 0 saturated carbocycles. The summed E-state index contributed by atoms with van der Waals surface area (Å²) < 4.78 is 0. The Hall–Kier alpha value is -7.80. The molecule has 0 spiro atoms. The van der Waals surface area contributed by atoms with E-state index in [2.05, 4.69) is 231 Å². The number of benzene rings is 11. The Balaban J connectivity index is 0.983. The third kappa shape index (κ3) is 6.32. The van der Waals surface area contributed by atoms with Crippen LogP contribution in [-0.2, 0) is 6.42 Å². The molecule has 0 saturated heterocycles. The third-order valence-electron chi connectivity index (χ3n) is 13.2. The van der Waals surface area contributed by atoms with E-state index in [9.17, 15) is 0 Å². The van der Waals surface area contributed by atoms with E-state index in [0.29, 0.717) is 0 Å². The van der Waals surface area contributed by atoms with Crippen LogP contribution < -0.4 is 0 Å². The first kappa shape index (κ1) is 36.1. The topological polar surface area (TPSA) is 0 Å². The van der Waals surface area contributed by atoms with Gasteiger partial charge in [-0.25, -0.2) is 0 Å². The van der Waals surface area contributed by atoms with Crippen LogP contribution in [0, 0.1) is 0 Å². The molecule has 0 fully saturated rings. The van der Waals surface area contributed by atoms with Gasteiger partial charge in [0.25, 0.3) is 0 Å². The van der Waals surface area contributed by atoms with Crippen LogP contribution in [0.5, 0.6) is 0 Å². The minimum atomic E-state index is 0.974. The van der Waals surface area contributed by atoms with E-state index in [1.807, 2.05) is 0 Å². The van der Waals surface area contributed by atoms with Gasteiger partial charge in [0.15, 0.2) is 0 Å². The molecule has 0 aromatic heterocycles. The first-order chi connectivity index (χ1) is 30.7. The average Bonchev–Trinajstić information content (AvgIpc) is 3.35. The second kappa shape index (κ2) is 15.0. The standard InChI is InChI=1S/C62H42/c1-3-14-45(15-4-1)57-39-62-56-34-32-51(49-30-29-41-13-7-8-19-47(41)35-49)38-60(56)58(46-16-5-2-6-17-46)40-61(62)55-33-31-50(37-59(55)57)43-27-25-42(26-28-43)48-21-11-22-52(36-48)54-24-12-20-44-18-9-10-23-53(44)54/h1-30,32,34-40H,31,33H2. The lowest BCUT2D eigenvalue weighted by atomic mass is 9.80. The van der Waals surface area contributed by atoms with Gasteiger partial charge in [0.05, 0.1) is 0 Å². The van der Waals surface area contributed by atoms with E-state index < -0.39 is 0 Å². The summed E-state index contributed by atoms with van der Waals surface area (Å²) >= 11 is 0. The Morgan fingerprint density at radius 1 is 0.242 bits per heavy atom. The molecule has 0 unspecified atom stereocenters. The van der Waals surface area contributed by atoms with Crippen LogP contribution in [0.1, 0.15) is 23.1 Å². The fourth-order valence-corrected chi connectivity index (χ4v) is 10.0. The normalized spacial score (nSPS) is 12.5. The number of aryl methyl sites for hydroxylation is 1. The van der Waals surface area contributed by atoms with Gasteiger partial charge in [-0.1, -0.05) is 200 Å². The van der Waals surface area contributed by atoms with Crippen molar-refractivity contribution in [2.75, 3.05) is 0 Å². The zero-order chi connectivity index (χ0) is 41.0. The Labute approximate surface area is 362 Å². The highest BCUT2D eigenvalue weighted by Crippen LogP contribution is 2.46. The predicted molar refractivity (Wildman–Crippen MR) is 266 cm³/mol. The number of rotatable bonds is 6. The van der Waals surface area contributed by atoms with E-state index in [-0.39, 0.29) is 0 Å². The zero-order valence-corrected chi connectivity index (χ0v) is 34.4. The summed E-state index contributed by atoms with van der Waals surface area (Å²) in [6.45, 7) is 0. The summed E-state index contributed by atoms with van der Waals surface area (Å²) in [4.78, 5) is 0. The molecule has 0 heteroatoms. The van der Waals surface area contributed by atoms with Crippen LogP contribution in [0.15, 0.2) is 224 Å². The largest absolute Gasteiger partial charge is 0.0622 e. The molecule has 0 atom stereocenters. The van der Waals surface area contributed by atoms with Crippen molar-refractivity contribution in [3.8, 4) is 55.6 Å². The van der Waals surface area contributed by atoms with Crippen molar-refractivity contribution in [1.29, 1.82) is 0 Å². The average molecular weight is 787 g/mol. The summed E-state index contributed by atoms with van der Waals surface area (Å²) in [6, 6.07) is 83.0. The van der Waals surface area contributed by atoms with Crippen LogP contribution in [0.4, 0.5) is 0 Å². The van der Waals surface area contributed by atoms with Gasteiger partial charge in [0.1, 0.15) is 0 Å². The minimum Gasteiger partial charge on any atom is -0.0622 e. The van der Waals surface area contributed by atoms with Crippen molar-refractivity contribution < 1.29 is 0 Å². The number of hydrogen-bond acceptors (Lipinski definition) is 0. The first-order valence-corrected chi connectivity index (χ1v) is 21.8. The zero-order valence-electron chi connectivity index (χ0n) is 34.4. The lowest BCUT2D eigenvalue weighted by Gasteiger charge is -2.24. The van der Waals surface area contributed by atoms with Gasteiger partial charge < -0.3 is 0 Å². The van der Waals surface area contributed by atoms with E-state index in [1.54, 1.807) is 0 Å². The lowest BCUT2D eigenvalue weighted by Crippen LogP contribution is -2.03. The van der Waals surface area contributed by atoms with E-state index in [0.717, 1.165) is 12.8 Å². The number of allylic oxidation sites excluding steroid dienone is 1. The van der Waals surface area contributed by atoms with Gasteiger partial charge in [0.2, 0.25) is 0 Å². The van der Waals surface area contributed by atoms with Crippen molar-refractivity contribution in [3.05, 3.63) is 241 Å². The SMILES string of the molecule is C1=C(c2ccc(-c3cccc(-c4cccc5ccccc45)c3)cc2)CCc2c1c(-c1ccccc1)cc1c2cc(-c2ccccc2)c2cc(-c3ccc4ccccc4c3)ccc21. The highest BCUT2D eigenvalue weighted by Gasteiger charge is 2.22. The molecular formula is C62H42.